The molecule has 16 heavy (non-hydrogen) atoms. The summed E-state index contributed by atoms with van der Waals surface area (Å²) in [6, 6.07) is 1.53. The summed E-state index contributed by atoms with van der Waals surface area (Å²) in [6.45, 7) is 4.36. The van der Waals surface area contributed by atoms with Gasteiger partial charge in [0.1, 0.15) is 0 Å². The Bertz CT molecular complexity index is 286. The minimum Gasteiger partial charge on any atom is -0.106 e. The quantitative estimate of drug-likeness (QED) is 0.509. The first kappa shape index (κ1) is 12.2. The van der Waals surface area contributed by atoms with Crippen LogP contribution in [-0.2, 0) is 0 Å². The molecule has 0 amide bonds. The molecule has 0 radical (unpaired) electrons. The Balaban J connectivity index is 2.11. The van der Waals surface area contributed by atoms with Crippen molar-refractivity contribution < 1.29 is 0 Å². The van der Waals surface area contributed by atoms with E-state index in [-0.39, 0.29) is 0 Å². The summed E-state index contributed by atoms with van der Waals surface area (Å²) in [6.07, 6.45) is 7.51. The van der Waals surface area contributed by atoms with Crippen molar-refractivity contribution in [3.63, 3.8) is 0 Å². The van der Waals surface area contributed by atoms with E-state index in [4.69, 9.17) is 0 Å². The number of fused-ring (bicyclic) bond motifs is 1. The average molecular weight is 234 g/mol. The van der Waals surface area contributed by atoms with E-state index in [2.05, 4.69) is 18.8 Å². The van der Waals surface area contributed by atoms with Crippen molar-refractivity contribution in [2.24, 2.45) is 29.6 Å². The second-order valence-corrected chi connectivity index (χ2v) is 6.68. The van der Waals surface area contributed by atoms with E-state index in [1.165, 1.54) is 48.4 Å². The lowest BCUT2D eigenvalue weighted by Gasteiger charge is -2.38. The van der Waals surface area contributed by atoms with E-state index in [1.807, 2.05) is 6.92 Å². The summed E-state index contributed by atoms with van der Waals surface area (Å²) in [4.78, 5) is 0. The van der Waals surface area contributed by atoms with Crippen molar-refractivity contribution in [2.75, 3.05) is 0 Å². The predicted octanol–water partition coefficient (Wildman–Crippen LogP) is 2.87. The molecular formula is C15H26Si. The molecule has 2 fully saturated rings. The van der Waals surface area contributed by atoms with Crippen molar-refractivity contribution >= 4 is 10.2 Å². The summed E-state index contributed by atoms with van der Waals surface area (Å²) in [5, 5.41) is 0. The summed E-state index contributed by atoms with van der Waals surface area (Å²) < 4.78 is 0. The van der Waals surface area contributed by atoms with Crippen molar-refractivity contribution in [2.45, 2.75) is 52.0 Å². The molecular weight excluding hydrogens is 208 g/mol. The molecule has 2 aliphatic rings. The molecule has 1 heteroatoms. The first-order chi connectivity index (χ1) is 7.77. The summed E-state index contributed by atoms with van der Waals surface area (Å²) >= 11 is 0. The van der Waals surface area contributed by atoms with Gasteiger partial charge >= 0.3 is 0 Å². The van der Waals surface area contributed by atoms with E-state index in [0.29, 0.717) is 5.92 Å². The van der Waals surface area contributed by atoms with Gasteiger partial charge in [-0.15, -0.1) is 11.8 Å². The maximum absolute atomic E-state index is 3.43. The Morgan fingerprint density at radius 2 is 2.06 bits per heavy atom. The van der Waals surface area contributed by atoms with Gasteiger partial charge < -0.3 is 0 Å². The Morgan fingerprint density at radius 3 is 2.75 bits per heavy atom. The topological polar surface area (TPSA) is 0 Å². The third-order valence-electron chi connectivity index (χ3n) is 5.14. The fourth-order valence-electron chi connectivity index (χ4n) is 4.44. The zero-order valence-electron chi connectivity index (χ0n) is 11.1. The number of hydrogen-bond donors (Lipinski definition) is 0. The van der Waals surface area contributed by atoms with Crippen LogP contribution in [0.2, 0.25) is 6.04 Å². The van der Waals surface area contributed by atoms with Crippen LogP contribution in [0, 0.1) is 41.4 Å². The van der Waals surface area contributed by atoms with Gasteiger partial charge in [0.15, 0.2) is 0 Å². The maximum Gasteiger partial charge on any atom is 0.0205 e. The molecule has 0 nitrogen and oxygen atoms in total. The molecule has 0 aliphatic heterocycles. The summed E-state index contributed by atoms with van der Waals surface area (Å²) in [5.41, 5.74) is 0. The second-order valence-electron chi connectivity index (χ2n) is 5.86. The zero-order chi connectivity index (χ0) is 11.5. The van der Waals surface area contributed by atoms with E-state index in [9.17, 15) is 0 Å². The van der Waals surface area contributed by atoms with Gasteiger partial charge in [-0.1, -0.05) is 32.2 Å². The van der Waals surface area contributed by atoms with Crippen molar-refractivity contribution in [1.82, 2.24) is 0 Å². The normalized spacial score (nSPS) is 39.9. The molecule has 0 heterocycles. The minimum absolute atomic E-state index is 0.647. The molecule has 2 aliphatic carbocycles. The lowest BCUT2D eigenvalue weighted by Crippen LogP contribution is -2.31. The van der Waals surface area contributed by atoms with Crippen LogP contribution < -0.4 is 0 Å². The number of rotatable bonds is 2. The van der Waals surface area contributed by atoms with Crippen LogP contribution in [0.15, 0.2) is 0 Å². The predicted molar refractivity (Wildman–Crippen MR) is 74.4 cm³/mol. The Hall–Kier alpha value is -0.223. The van der Waals surface area contributed by atoms with E-state index in [0.717, 1.165) is 23.7 Å². The highest BCUT2D eigenvalue weighted by molar-refractivity contribution is 6.08. The summed E-state index contributed by atoms with van der Waals surface area (Å²) in [7, 11) is 1.40. The van der Waals surface area contributed by atoms with Crippen LogP contribution in [-0.4, -0.2) is 10.2 Å². The minimum atomic E-state index is 0.647. The van der Waals surface area contributed by atoms with Crippen LogP contribution in [0.3, 0.4) is 0 Å². The first-order valence-corrected chi connectivity index (χ1v) is 8.61. The second kappa shape index (κ2) is 5.41. The molecule has 0 aromatic carbocycles. The molecule has 5 unspecified atom stereocenters. The zero-order valence-corrected chi connectivity index (χ0v) is 13.1. The highest BCUT2D eigenvalue weighted by atomic mass is 28.1. The van der Waals surface area contributed by atoms with E-state index in [1.54, 1.807) is 0 Å². The molecule has 0 N–H and O–H groups in total. The van der Waals surface area contributed by atoms with E-state index >= 15 is 0 Å². The number of hydrogen-bond acceptors (Lipinski definition) is 0. The largest absolute Gasteiger partial charge is 0.106 e. The highest BCUT2D eigenvalue weighted by Gasteiger charge is 2.43. The molecule has 0 aromatic heterocycles. The van der Waals surface area contributed by atoms with Crippen molar-refractivity contribution in [3.05, 3.63) is 0 Å². The Labute approximate surface area is 104 Å². The van der Waals surface area contributed by atoms with E-state index < -0.39 is 0 Å². The third-order valence-corrected chi connectivity index (χ3v) is 6.19. The fourth-order valence-corrected chi connectivity index (χ4v) is 5.39. The molecule has 5 atom stereocenters. The van der Waals surface area contributed by atoms with Gasteiger partial charge in [0, 0.05) is 16.2 Å². The lowest BCUT2D eigenvalue weighted by molar-refractivity contribution is 0.139. The standard InChI is InChI=1S/C15H26Si/c1-3-5-11(2)14-9-8-12-6-4-7-13(10-16)15(12)14/h11-15H,4,6-10H2,1-2,16H3. The van der Waals surface area contributed by atoms with Gasteiger partial charge in [-0.2, -0.15) is 0 Å². The van der Waals surface area contributed by atoms with Crippen molar-refractivity contribution in [3.8, 4) is 11.8 Å². The van der Waals surface area contributed by atoms with Gasteiger partial charge in [-0.3, -0.25) is 0 Å². The van der Waals surface area contributed by atoms with Crippen LogP contribution >= 0.6 is 0 Å². The van der Waals surface area contributed by atoms with Gasteiger partial charge in [0.05, 0.1) is 0 Å². The maximum atomic E-state index is 3.43. The highest BCUT2D eigenvalue weighted by Crippen LogP contribution is 2.51. The molecule has 0 bridgehead atoms. The molecule has 0 saturated heterocycles. The molecule has 0 spiro atoms. The molecule has 90 valence electrons. The van der Waals surface area contributed by atoms with Gasteiger partial charge in [-0.05, 0) is 43.4 Å². The van der Waals surface area contributed by atoms with Gasteiger partial charge in [0.2, 0.25) is 0 Å². The molecule has 2 saturated carbocycles. The summed E-state index contributed by atoms with van der Waals surface area (Å²) in [5.74, 6) is 11.3. The fraction of sp³-hybridized carbons (Fsp3) is 0.867. The van der Waals surface area contributed by atoms with Gasteiger partial charge in [0.25, 0.3) is 0 Å². The third kappa shape index (κ3) is 2.23. The lowest BCUT2D eigenvalue weighted by atomic mass is 9.69. The molecule has 0 aromatic rings. The smallest absolute Gasteiger partial charge is 0.0205 e. The Kier molecular flexibility index (Phi) is 4.14. The van der Waals surface area contributed by atoms with Gasteiger partial charge in [-0.25, -0.2) is 0 Å². The van der Waals surface area contributed by atoms with Crippen LogP contribution in [0.5, 0.6) is 0 Å². The first-order valence-electron chi connectivity index (χ1n) is 7.20. The van der Waals surface area contributed by atoms with Crippen molar-refractivity contribution in [1.29, 1.82) is 0 Å². The van der Waals surface area contributed by atoms with Crippen LogP contribution in [0.4, 0.5) is 0 Å². The van der Waals surface area contributed by atoms with Crippen LogP contribution in [0.25, 0.3) is 0 Å². The molecule has 2 rings (SSSR count). The average Bonchev–Trinajstić information content (AvgIpc) is 2.72. The SMILES string of the molecule is CC#CC(C)C1CCC2CCCC(C[SiH3])C21. The Morgan fingerprint density at radius 1 is 1.25 bits per heavy atom. The van der Waals surface area contributed by atoms with Crippen LogP contribution in [0.1, 0.15) is 46.0 Å². The monoisotopic (exact) mass is 234 g/mol.